The first kappa shape index (κ1) is 20.6. The van der Waals surface area contributed by atoms with Crippen molar-refractivity contribution in [3.05, 3.63) is 166 Å². The number of fused-ring (bicyclic) bond motifs is 1. The smallest absolute Gasteiger partial charge is 0.149 e. The third-order valence-electron chi connectivity index (χ3n) is 11.9. The molecule has 0 aliphatic carbocycles. The van der Waals surface area contributed by atoms with Crippen LogP contribution in [0.1, 0.15) is 213 Å². The van der Waals surface area contributed by atoms with Gasteiger partial charge in [-0.25, -0.2) is 4.98 Å². The summed E-state index contributed by atoms with van der Waals surface area (Å²) in [5.74, 6) is -3.93. The van der Waals surface area contributed by atoms with Crippen LogP contribution in [0.15, 0.2) is 127 Å². The standard InChI is InChI=1S/C65H75N3O/c1-39(2)45-30-46(40(3)4)32-47(31-45)43-23-26-57(41(5)29-43)68-58-20-18-19-53(59(58)67-61(68)54-37-52(64(12,13)14)38-55(60(54)69)65(15,16)17)48-33-49(35-51(34-48)63(9,10)11)56-36-44(27-28-66-56)42-21-24-50(25-22-42)62(6,7)8/h18-40,69H,1-17H3/i5D3,6D3,7D3,8D3,12D3,13D3,14D3,15D3,16D3,17D3,21D,22D,24D,25D,27D,28D,36D,39D. The maximum Gasteiger partial charge on any atom is 0.149 e. The van der Waals surface area contributed by atoms with Crippen LogP contribution < -0.4 is 0 Å². The van der Waals surface area contributed by atoms with Crippen molar-refractivity contribution in [3.63, 3.8) is 0 Å². The first-order valence-electron chi connectivity index (χ1n) is 40.8. The predicted octanol–water partition coefficient (Wildman–Crippen LogP) is 18.2. The minimum absolute atomic E-state index is 0.0167. The lowest BCUT2D eigenvalue weighted by molar-refractivity contribution is 0.446. The van der Waals surface area contributed by atoms with Crippen molar-refractivity contribution < 1.29 is 57.2 Å². The molecule has 0 fully saturated rings. The van der Waals surface area contributed by atoms with Crippen molar-refractivity contribution in [1.82, 2.24) is 14.5 Å². The van der Waals surface area contributed by atoms with Gasteiger partial charge in [0, 0.05) is 65.4 Å². The fourth-order valence-corrected chi connectivity index (χ4v) is 7.97. The topological polar surface area (TPSA) is 50.9 Å². The summed E-state index contributed by atoms with van der Waals surface area (Å²) in [5, 5.41) is 13.2. The molecule has 0 atom stereocenters. The van der Waals surface area contributed by atoms with E-state index in [9.17, 15) is 13.3 Å². The maximum atomic E-state index is 13.2. The van der Waals surface area contributed by atoms with Gasteiger partial charge >= 0.3 is 0 Å². The molecule has 0 spiro atoms. The van der Waals surface area contributed by atoms with Gasteiger partial charge in [-0.3, -0.25) is 9.55 Å². The highest BCUT2D eigenvalue weighted by atomic mass is 16.3. The number of phenols is 1. The Labute approximate surface area is 467 Å². The molecule has 1 N–H and O–H groups in total. The summed E-state index contributed by atoms with van der Waals surface area (Å²) in [7, 11) is 0. The number of imidazole rings is 1. The first-order valence-corrected chi connectivity index (χ1v) is 21.8. The van der Waals surface area contributed by atoms with Crippen LogP contribution in [0.4, 0.5) is 0 Å². The maximum absolute atomic E-state index is 13.2. The Morgan fingerprint density at radius 2 is 1.28 bits per heavy atom. The monoisotopic (exact) mass is 952 g/mol. The molecule has 8 aromatic rings. The number of pyridine rings is 1. The number of aryl methyl sites for hydroxylation is 1. The highest BCUT2D eigenvalue weighted by Crippen LogP contribution is 2.46. The molecule has 0 amide bonds. The van der Waals surface area contributed by atoms with Crippen LogP contribution in [0, 0.1) is 6.85 Å². The number of nitrogens with zero attached hydrogens (tertiary/aromatic N) is 3. The molecule has 4 heteroatoms. The lowest BCUT2D eigenvalue weighted by atomic mass is 9.79. The summed E-state index contributed by atoms with van der Waals surface area (Å²) < 4.78 is 336. The van der Waals surface area contributed by atoms with Crippen LogP contribution in [-0.4, -0.2) is 19.6 Å². The zero-order valence-corrected chi connectivity index (χ0v) is 38.9. The number of rotatable bonds is 8. The SMILES string of the molecule is [2H]c1nc(-c2cc(-c3cccc4c3nc(-c3cc(C(C([2H])([2H])[2H])(C([2H])([2H])[2H])C([2H])([2H])[2H])cc(C(C([2H])([2H])[2H])(C([2H])([2H])[2H])C([2H])([2H])[2H])c3O)n4-c3ccc(-c4cc(C(C)C)cc(C([2H])(C)C)c4)cc3C([2H])([2H])[2H])cc(C(C)(C)C)c2)c([2H])c(-c2c([2H])c([2H])c(C(C([2H])([2H])[2H])(C([2H])([2H])[2H])C([2H])([2H])[2H])c([2H])c2[2H])c1[2H]. The molecule has 69 heavy (non-hydrogen) atoms. The second-order valence-electron chi connectivity index (χ2n) is 18.8. The Morgan fingerprint density at radius 3 is 1.94 bits per heavy atom. The molecule has 8 rings (SSSR count). The van der Waals surface area contributed by atoms with Crippen molar-refractivity contribution in [1.29, 1.82) is 0 Å². The third-order valence-corrected chi connectivity index (χ3v) is 11.9. The summed E-state index contributed by atoms with van der Waals surface area (Å²) in [6.45, 7) is -29.3. The summed E-state index contributed by atoms with van der Waals surface area (Å²) in [6, 6.07) is 10.5. The molecule has 0 aliphatic rings. The van der Waals surface area contributed by atoms with Gasteiger partial charge in [0.15, 0.2) is 0 Å². The minimum atomic E-state index is -4.41. The molecule has 6 aromatic carbocycles. The van der Waals surface area contributed by atoms with E-state index in [4.69, 9.17) is 48.8 Å². The summed E-state index contributed by atoms with van der Waals surface area (Å²) in [5.41, 5.74) is -21.7. The van der Waals surface area contributed by atoms with Gasteiger partial charge in [-0.1, -0.05) is 183 Å². The van der Waals surface area contributed by atoms with E-state index < -0.39 is 200 Å². The molecule has 0 unspecified atom stereocenters. The van der Waals surface area contributed by atoms with Gasteiger partial charge < -0.3 is 5.11 Å². The summed E-state index contributed by atoms with van der Waals surface area (Å²) >= 11 is 0. The third kappa shape index (κ3) is 9.96. The van der Waals surface area contributed by atoms with Crippen molar-refractivity contribution in [3.8, 4) is 67.5 Å². The number of para-hydroxylation sites is 1. The first-order chi connectivity index (χ1) is 47.9. The van der Waals surface area contributed by atoms with E-state index in [1.165, 1.54) is 48.5 Å². The van der Waals surface area contributed by atoms with Crippen LogP contribution in [0.3, 0.4) is 0 Å². The zero-order valence-electron chi connectivity index (χ0n) is 76.9. The van der Waals surface area contributed by atoms with Crippen LogP contribution in [0.25, 0.3) is 72.7 Å². The molecule has 0 bridgehead atoms. The summed E-state index contributed by atoms with van der Waals surface area (Å²) in [4.78, 5) is 9.22. The van der Waals surface area contributed by atoms with Gasteiger partial charge in [-0.05, 0) is 150 Å². The van der Waals surface area contributed by atoms with E-state index in [-0.39, 0.29) is 45.3 Å². The fraction of sp³-hybridized carbons (Fsp3) is 0.354. The number of phenolic OH excluding ortho intramolecular Hbond substituents is 1. The zero-order chi connectivity index (χ0) is 82.1. The van der Waals surface area contributed by atoms with E-state index in [1.54, 1.807) is 52.8 Å². The molecule has 356 valence electrons. The Hall–Kier alpha value is -6.26. The second kappa shape index (κ2) is 17.9. The van der Waals surface area contributed by atoms with Crippen molar-refractivity contribution >= 4 is 11.0 Å². The van der Waals surface area contributed by atoms with Crippen LogP contribution in [0.2, 0.25) is 0 Å². The van der Waals surface area contributed by atoms with Crippen molar-refractivity contribution in [2.75, 3.05) is 0 Å². The molecule has 2 heterocycles. The number of hydrogen-bond acceptors (Lipinski definition) is 3. The molecule has 4 nitrogen and oxygen atoms in total. The Bertz CT molecular complexity index is 4680. The average molecular weight is 953 g/mol. The largest absolute Gasteiger partial charge is 0.507 e. The second-order valence-corrected chi connectivity index (χ2v) is 18.8. The molecule has 0 aliphatic heterocycles. The number of benzene rings is 6. The quantitative estimate of drug-likeness (QED) is 0.165. The van der Waals surface area contributed by atoms with Crippen molar-refractivity contribution in [2.24, 2.45) is 0 Å². The average Bonchev–Trinajstić information content (AvgIpc) is 0.843. The molecular weight excluding hydrogens is 839 g/mol. The van der Waals surface area contributed by atoms with E-state index in [0.29, 0.717) is 22.8 Å². The van der Waals surface area contributed by atoms with E-state index in [1.807, 2.05) is 19.9 Å². The molecule has 2 aromatic heterocycles. The lowest BCUT2D eigenvalue weighted by Gasteiger charge is -2.27. The van der Waals surface area contributed by atoms with Gasteiger partial charge in [-0.2, -0.15) is 0 Å². The highest BCUT2D eigenvalue weighted by Gasteiger charge is 2.29. The van der Waals surface area contributed by atoms with E-state index >= 15 is 0 Å². The Kier molecular flexibility index (Phi) is 5.35. The lowest BCUT2D eigenvalue weighted by Crippen LogP contribution is -2.17. The van der Waals surface area contributed by atoms with Crippen molar-refractivity contribution in [2.45, 2.75) is 150 Å². The molecule has 0 saturated carbocycles. The Morgan fingerprint density at radius 1 is 0.594 bits per heavy atom. The van der Waals surface area contributed by atoms with E-state index in [2.05, 4.69) is 4.98 Å². The van der Waals surface area contributed by atoms with Gasteiger partial charge in [0.1, 0.15) is 11.6 Å². The molecule has 0 saturated heterocycles. The Balaban J connectivity index is 1.63. The number of aromatic nitrogens is 3. The minimum Gasteiger partial charge on any atom is -0.507 e. The van der Waals surface area contributed by atoms with Gasteiger partial charge in [0.25, 0.3) is 0 Å². The van der Waals surface area contributed by atoms with Gasteiger partial charge in [0.05, 0.1) is 37.6 Å². The number of aromatic hydroxyl groups is 1. The normalized spacial score (nSPS) is 22.8. The van der Waals surface area contributed by atoms with Crippen LogP contribution in [-0.2, 0) is 21.7 Å². The van der Waals surface area contributed by atoms with Gasteiger partial charge in [0.2, 0.25) is 0 Å². The highest BCUT2D eigenvalue weighted by molar-refractivity contribution is 5.97. The van der Waals surface area contributed by atoms with Crippen LogP contribution in [0.5, 0.6) is 5.75 Å². The van der Waals surface area contributed by atoms with Gasteiger partial charge in [-0.15, -0.1) is 0 Å². The molecular formula is C65H75N3O. The predicted molar refractivity (Wildman–Crippen MR) is 295 cm³/mol. The fourth-order valence-electron chi connectivity index (χ4n) is 7.97. The van der Waals surface area contributed by atoms with Crippen LogP contribution >= 0.6 is 0 Å². The van der Waals surface area contributed by atoms with E-state index in [0.717, 1.165) is 10.1 Å². The number of hydrogen-bond donors (Lipinski definition) is 1. The summed E-state index contributed by atoms with van der Waals surface area (Å²) in [6.07, 6.45) is -0.994. The molecule has 0 radical (unpaired) electrons.